The number of benzene rings is 2. The summed E-state index contributed by atoms with van der Waals surface area (Å²) in [7, 11) is 0. The summed E-state index contributed by atoms with van der Waals surface area (Å²) in [4.78, 5) is 23.3. The third kappa shape index (κ3) is 5.79. The fourth-order valence-corrected chi connectivity index (χ4v) is 2.85. The molecule has 6 nitrogen and oxygen atoms in total. The highest BCUT2D eigenvalue weighted by molar-refractivity contribution is 7.99. The summed E-state index contributed by atoms with van der Waals surface area (Å²) in [5.74, 6) is 0.312. The Labute approximate surface area is 149 Å². The van der Waals surface area contributed by atoms with Crippen LogP contribution in [-0.2, 0) is 4.79 Å². The molecule has 0 spiro atoms. The van der Waals surface area contributed by atoms with Crippen LogP contribution >= 0.6 is 11.8 Å². The van der Waals surface area contributed by atoms with Crippen molar-refractivity contribution < 1.29 is 9.72 Å². The molecule has 0 aromatic heterocycles. The standard InChI is InChI=1S/C18H15N3O3S/c19-11-4-12-25-17-8-2-1-7-16(17)20-18(22)10-9-14-5-3-6-15(13-14)21(23)24/h1-3,5-10,13H,4,12H2,(H,20,22)/b10-9-. The summed E-state index contributed by atoms with van der Waals surface area (Å²) in [5, 5.41) is 22.1. The molecule has 0 fully saturated rings. The SMILES string of the molecule is N#CCCSc1ccccc1NC(=O)/C=C\c1cccc([N+](=O)[O-])c1. The molecule has 2 aromatic carbocycles. The van der Waals surface area contributed by atoms with Crippen molar-refractivity contribution in [3.63, 3.8) is 0 Å². The van der Waals surface area contributed by atoms with Gasteiger partial charge in [-0.3, -0.25) is 14.9 Å². The number of amides is 1. The van der Waals surface area contributed by atoms with E-state index in [2.05, 4.69) is 11.4 Å². The molecule has 0 radical (unpaired) electrons. The van der Waals surface area contributed by atoms with Gasteiger partial charge < -0.3 is 5.32 Å². The van der Waals surface area contributed by atoms with Crippen LogP contribution in [0.5, 0.6) is 0 Å². The van der Waals surface area contributed by atoms with Gasteiger partial charge in [-0.2, -0.15) is 5.26 Å². The molecule has 1 N–H and O–H groups in total. The van der Waals surface area contributed by atoms with Crippen LogP contribution in [0.15, 0.2) is 59.5 Å². The minimum atomic E-state index is -0.480. The molecular formula is C18H15N3O3S. The topological polar surface area (TPSA) is 96.0 Å². The average molecular weight is 353 g/mol. The first-order valence-corrected chi connectivity index (χ1v) is 8.41. The molecule has 0 saturated heterocycles. The van der Waals surface area contributed by atoms with E-state index >= 15 is 0 Å². The zero-order chi connectivity index (χ0) is 18.1. The van der Waals surface area contributed by atoms with Crippen molar-refractivity contribution in [3.8, 4) is 6.07 Å². The summed E-state index contributed by atoms with van der Waals surface area (Å²) in [5.41, 5.74) is 1.21. The van der Waals surface area contributed by atoms with Crippen molar-refractivity contribution in [2.45, 2.75) is 11.3 Å². The van der Waals surface area contributed by atoms with Crippen LogP contribution in [0, 0.1) is 21.4 Å². The Balaban J connectivity index is 2.04. The number of carbonyl (C=O) groups is 1. The van der Waals surface area contributed by atoms with E-state index in [-0.39, 0.29) is 11.6 Å². The van der Waals surface area contributed by atoms with E-state index in [0.717, 1.165) is 4.90 Å². The minimum absolute atomic E-state index is 0.0261. The number of nitro benzene ring substituents is 1. The summed E-state index contributed by atoms with van der Waals surface area (Å²) < 4.78 is 0. The lowest BCUT2D eigenvalue weighted by molar-refractivity contribution is -0.384. The smallest absolute Gasteiger partial charge is 0.270 e. The molecule has 126 valence electrons. The third-order valence-electron chi connectivity index (χ3n) is 3.12. The van der Waals surface area contributed by atoms with E-state index in [4.69, 9.17) is 5.26 Å². The van der Waals surface area contributed by atoms with E-state index in [1.807, 2.05) is 18.2 Å². The molecule has 0 aliphatic rings. The summed E-state index contributed by atoms with van der Waals surface area (Å²) >= 11 is 1.50. The maximum Gasteiger partial charge on any atom is 0.270 e. The van der Waals surface area contributed by atoms with Crippen molar-refractivity contribution in [2.24, 2.45) is 0 Å². The number of hydrogen-bond acceptors (Lipinski definition) is 5. The first-order valence-electron chi connectivity index (χ1n) is 7.42. The second-order valence-corrected chi connectivity index (χ2v) is 6.06. The highest BCUT2D eigenvalue weighted by Gasteiger charge is 2.06. The zero-order valence-corrected chi connectivity index (χ0v) is 14.0. The molecule has 2 rings (SSSR count). The molecule has 0 aliphatic carbocycles. The first-order chi connectivity index (χ1) is 12.1. The number of rotatable bonds is 7. The number of non-ortho nitro benzene ring substituents is 1. The van der Waals surface area contributed by atoms with Gasteiger partial charge in [-0.05, 0) is 23.8 Å². The number of para-hydroxylation sites is 1. The lowest BCUT2D eigenvalue weighted by atomic mass is 10.2. The Bertz CT molecular complexity index is 843. The van der Waals surface area contributed by atoms with Gasteiger partial charge in [-0.1, -0.05) is 24.3 Å². The molecule has 0 atom stereocenters. The lowest BCUT2D eigenvalue weighted by Crippen LogP contribution is -2.08. The van der Waals surface area contributed by atoms with E-state index < -0.39 is 4.92 Å². The minimum Gasteiger partial charge on any atom is -0.321 e. The second kappa shape index (κ2) is 9.25. The maximum atomic E-state index is 12.1. The van der Waals surface area contributed by atoms with Crippen LogP contribution in [-0.4, -0.2) is 16.6 Å². The lowest BCUT2D eigenvalue weighted by Gasteiger charge is -2.08. The van der Waals surface area contributed by atoms with E-state index in [1.165, 1.54) is 36.0 Å². The van der Waals surface area contributed by atoms with Gasteiger partial charge in [0.2, 0.25) is 5.91 Å². The molecule has 0 heterocycles. The van der Waals surface area contributed by atoms with Crippen molar-refractivity contribution in [1.82, 2.24) is 0 Å². The van der Waals surface area contributed by atoms with Gasteiger partial charge in [-0.25, -0.2) is 0 Å². The Morgan fingerprint density at radius 3 is 2.84 bits per heavy atom. The molecule has 7 heteroatoms. The number of thioether (sulfide) groups is 1. The molecule has 1 amide bonds. The van der Waals surface area contributed by atoms with E-state index in [1.54, 1.807) is 18.2 Å². The van der Waals surface area contributed by atoms with E-state index in [0.29, 0.717) is 23.4 Å². The molecular weight excluding hydrogens is 338 g/mol. The van der Waals surface area contributed by atoms with Crippen molar-refractivity contribution >= 4 is 35.1 Å². The fourth-order valence-electron chi connectivity index (χ4n) is 1.99. The number of nitrogens with one attached hydrogen (secondary N) is 1. The van der Waals surface area contributed by atoms with E-state index in [9.17, 15) is 14.9 Å². The Kier molecular flexibility index (Phi) is 6.75. The van der Waals surface area contributed by atoms with Gasteiger partial charge in [0.15, 0.2) is 0 Å². The molecule has 2 aromatic rings. The highest BCUT2D eigenvalue weighted by Crippen LogP contribution is 2.27. The number of nitro groups is 1. The monoisotopic (exact) mass is 353 g/mol. The van der Waals surface area contributed by atoms with Crippen molar-refractivity contribution in [1.29, 1.82) is 5.26 Å². The van der Waals surface area contributed by atoms with Crippen LogP contribution in [0.3, 0.4) is 0 Å². The second-order valence-electron chi connectivity index (χ2n) is 4.93. The maximum absolute atomic E-state index is 12.1. The highest BCUT2D eigenvalue weighted by atomic mass is 32.2. The summed E-state index contributed by atoms with van der Waals surface area (Å²) in [6, 6.07) is 15.5. The zero-order valence-electron chi connectivity index (χ0n) is 13.2. The normalized spacial score (nSPS) is 10.4. The van der Waals surface area contributed by atoms with Gasteiger partial charge in [-0.15, -0.1) is 11.8 Å². The number of carbonyl (C=O) groups excluding carboxylic acids is 1. The van der Waals surface area contributed by atoms with Gasteiger partial charge in [0.05, 0.1) is 16.7 Å². The summed E-state index contributed by atoms with van der Waals surface area (Å²) in [6.45, 7) is 0. The molecule has 0 bridgehead atoms. The van der Waals surface area contributed by atoms with Gasteiger partial charge in [0.1, 0.15) is 0 Å². The first kappa shape index (κ1) is 18.2. The number of hydrogen-bond donors (Lipinski definition) is 1. The molecule has 0 unspecified atom stereocenters. The summed E-state index contributed by atoms with van der Waals surface area (Å²) in [6.07, 6.45) is 3.28. The molecule has 25 heavy (non-hydrogen) atoms. The predicted molar refractivity (Wildman–Crippen MR) is 98.2 cm³/mol. The van der Waals surface area contributed by atoms with Crippen LogP contribution in [0.1, 0.15) is 12.0 Å². The predicted octanol–water partition coefficient (Wildman–Crippen LogP) is 4.25. The molecule has 0 aliphatic heterocycles. The van der Waals surface area contributed by atoms with Crippen LogP contribution in [0.25, 0.3) is 6.08 Å². The third-order valence-corrected chi connectivity index (χ3v) is 4.20. The average Bonchev–Trinajstić information content (AvgIpc) is 2.62. The number of nitriles is 1. The van der Waals surface area contributed by atoms with Gasteiger partial charge in [0.25, 0.3) is 5.69 Å². The van der Waals surface area contributed by atoms with Crippen molar-refractivity contribution in [2.75, 3.05) is 11.1 Å². The number of anilines is 1. The van der Waals surface area contributed by atoms with Crippen LogP contribution < -0.4 is 5.32 Å². The largest absolute Gasteiger partial charge is 0.321 e. The molecule has 0 saturated carbocycles. The Hall–Kier alpha value is -3.11. The Morgan fingerprint density at radius 2 is 2.08 bits per heavy atom. The Morgan fingerprint density at radius 1 is 1.28 bits per heavy atom. The fraction of sp³-hybridized carbons (Fsp3) is 0.111. The van der Waals surface area contributed by atoms with Crippen molar-refractivity contribution in [3.05, 3.63) is 70.3 Å². The van der Waals surface area contributed by atoms with Crippen LogP contribution in [0.2, 0.25) is 0 Å². The van der Waals surface area contributed by atoms with Gasteiger partial charge in [0, 0.05) is 35.3 Å². The quantitative estimate of drug-likeness (QED) is 0.264. The van der Waals surface area contributed by atoms with Crippen LogP contribution in [0.4, 0.5) is 11.4 Å². The number of nitrogens with zero attached hydrogens (tertiary/aromatic N) is 2. The van der Waals surface area contributed by atoms with Gasteiger partial charge >= 0.3 is 0 Å².